The van der Waals surface area contributed by atoms with E-state index in [0.717, 1.165) is 0 Å². The largest absolute Gasteiger partial charge is 0.379 e. The Morgan fingerprint density at radius 1 is 0.476 bits per heavy atom. The van der Waals surface area contributed by atoms with Gasteiger partial charge in [-0.05, 0) is 55.4 Å². The van der Waals surface area contributed by atoms with Crippen LogP contribution in [0.3, 0.4) is 0 Å². The van der Waals surface area contributed by atoms with Crippen LogP contribution in [-0.2, 0) is 37.9 Å². The first-order valence-electron chi connectivity index (χ1n) is 15.1. The number of amides is 4. The monoisotopic (exact) mass is 606 g/mol. The number of hydrogen-bond acceptors (Lipinski definition) is 10. The molecule has 0 spiro atoms. The average Bonchev–Trinajstić information content (AvgIpc) is 3.40. The molecule has 0 radical (unpaired) electrons. The molecule has 246 valence electrons. The van der Waals surface area contributed by atoms with Crippen LogP contribution in [0.15, 0.2) is 0 Å². The maximum atomic E-state index is 13.9. The molecule has 14 heteroatoms. The lowest BCUT2D eigenvalue weighted by molar-refractivity contribution is -0.0873. The molecule has 2 aliphatic rings. The van der Waals surface area contributed by atoms with Crippen LogP contribution >= 0.6 is 0 Å². The first-order chi connectivity index (χ1) is 20.2. The van der Waals surface area contributed by atoms with E-state index in [1.54, 1.807) is 0 Å². The third-order valence-electron chi connectivity index (χ3n) is 6.75. The number of hydrogen-bond donors (Lipinski definition) is 0. The van der Waals surface area contributed by atoms with Crippen LogP contribution in [0.25, 0.3) is 0 Å². The molecule has 4 unspecified atom stereocenters. The van der Waals surface area contributed by atoms with Crippen molar-refractivity contribution in [2.75, 3.05) is 79.8 Å². The van der Waals surface area contributed by atoms with Gasteiger partial charge in [0.15, 0.2) is 12.3 Å². The predicted octanol–water partition coefficient (Wildman–Crippen LogP) is 2.71. The number of carbonyl (C=O) groups is 2. The molecule has 0 saturated carbocycles. The molecule has 4 atom stereocenters. The molecule has 2 fully saturated rings. The van der Waals surface area contributed by atoms with E-state index >= 15 is 0 Å². The Hall–Kier alpha value is -1.78. The van der Waals surface area contributed by atoms with Crippen molar-refractivity contribution in [1.82, 2.24) is 19.6 Å². The highest BCUT2D eigenvalue weighted by atomic mass is 16.6. The number of rotatable bonds is 24. The van der Waals surface area contributed by atoms with Gasteiger partial charge in [-0.25, -0.2) is 9.59 Å². The van der Waals surface area contributed by atoms with Gasteiger partial charge in [-0.2, -0.15) is 0 Å². The van der Waals surface area contributed by atoms with Gasteiger partial charge in [0.25, 0.3) is 0 Å². The highest BCUT2D eigenvalue weighted by Crippen LogP contribution is 2.35. The Kier molecular flexibility index (Phi) is 16.9. The molecule has 0 bridgehead atoms. The number of carbonyl (C=O) groups excluding carboxylic acids is 2. The van der Waals surface area contributed by atoms with Gasteiger partial charge in [0.1, 0.15) is 26.9 Å². The fraction of sp³-hybridized carbons (Fsp3) is 0.929. The third kappa shape index (κ3) is 10.7. The topological polar surface area (TPSA) is 121 Å². The zero-order valence-corrected chi connectivity index (χ0v) is 26.8. The summed E-state index contributed by atoms with van der Waals surface area (Å²) in [5, 5.41) is 0. The van der Waals surface area contributed by atoms with E-state index in [1.807, 2.05) is 55.4 Å². The van der Waals surface area contributed by atoms with Crippen molar-refractivity contribution in [1.29, 1.82) is 0 Å². The zero-order valence-electron chi connectivity index (χ0n) is 26.8. The number of fused-ring (bicyclic) bond motifs is 1. The predicted molar refractivity (Wildman–Crippen MR) is 153 cm³/mol. The second-order valence-corrected chi connectivity index (χ2v) is 10.3. The van der Waals surface area contributed by atoms with Gasteiger partial charge < -0.3 is 37.9 Å². The lowest BCUT2D eigenvalue weighted by Crippen LogP contribution is -2.49. The molecule has 2 rings (SSSR count). The molecule has 2 heterocycles. The smallest absolute Gasteiger partial charge is 0.327 e. The molecule has 14 nitrogen and oxygen atoms in total. The number of nitrogens with zero attached hydrogens (tertiary/aromatic N) is 4. The van der Waals surface area contributed by atoms with E-state index in [0.29, 0.717) is 52.9 Å². The quantitative estimate of drug-likeness (QED) is 0.162. The maximum absolute atomic E-state index is 13.9. The molecule has 0 aromatic rings. The zero-order chi connectivity index (χ0) is 31.1. The van der Waals surface area contributed by atoms with E-state index in [-0.39, 0.29) is 63.4 Å². The standard InChI is InChI=1S/C28H54N4O10/c1-9-35-13-21(5)39-17-29-25-26(31(27(29)33)19-41-23(7)15-37-11-3)32(20-42-24(8)16-38-12-4)28(34)30(25)18-40-22(6)14-36-10-2/h21-26H,9-20H2,1-8H3. The lowest BCUT2D eigenvalue weighted by atomic mass is 10.3. The number of urea groups is 2. The molecular weight excluding hydrogens is 552 g/mol. The minimum atomic E-state index is -0.708. The van der Waals surface area contributed by atoms with Crippen LogP contribution in [0.5, 0.6) is 0 Å². The third-order valence-corrected chi connectivity index (χ3v) is 6.75. The molecule has 2 saturated heterocycles. The molecule has 2 aliphatic heterocycles. The van der Waals surface area contributed by atoms with Crippen LogP contribution in [-0.4, -0.2) is 148 Å². The molecule has 4 amide bonds. The van der Waals surface area contributed by atoms with Crippen LogP contribution in [0.2, 0.25) is 0 Å². The average molecular weight is 607 g/mol. The van der Waals surface area contributed by atoms with Crippen molar-refractivity contribution < 1.29 is 47.5 Å². The van der Waals surface area contributed by atoms with Crippen LogP contribution in [0.1, 0.15) is 55.4 Å². The van der Waals surface area contributed by atoms with E-state index in [2.05, 4.69) is 0 Å². The van der Waals surface area contributed by atoms with Crippen molar-refractivity contribution in [3.8, 4) is 0 Å². The van der Waals surface area contributed by atoms with Crippen LogP contribution in [0.4, 0.5) is 9.59 Å². The first kappa shape index (κ1) is 36.4. The van der Waals surface area contributed by atoms with E-state index in [1.165, 1.54) is 19.6 Å². The molecule has 0 aromatic heterocycles. The van der Waals surface area contributed by atoms with Crippen LogP contribution in [0, 0.1) is 0 Å². The van der Waals surface area contributed by atoms with Gasteiger partial charge in [-0.3, -0.25) is 19.6 Å². The van der Waals surface area contributed by atoms with Gasteiger partial charge in [0, 0.05) is 26.4 Å². The summed E-state index contributed by atoms with van der Waals surface area (Å²) in [7, 11) is 0. The molecule has 0 N–H and O–H groups in total. The lowest BCUT2D eigenvalue weighted by Gasteiger charge is -2.31. The Balaban J connectivity index is 2.32. The summed E-state index contributed by atoms with van der Waals surface area (Å²) in [6.07, 6.45) is -2.47. The second-order valence-electron chi connectivity index (χ2n) is 10.3. The highest BCUT2D eigenvalue weighted by Gasteiger charge is 2.59. The Bertz CT molecular complexity index is 663. The van der Waals surface area contributed by atoms with Crippen molar-refractivity contribution >= 4 is 12.1 Å². The fourth-order valence-corrected chi connectivity index (χ4v) is 4.45. The summed E-state index contributed by atoms with van der Waals surface area (Å²) in [6.45, 7) is 18.7. The minimum Gasteiger partial charge on any atom is -0.379 e. The Labute approximate surface area is 251 Å². The van der Waals surface area contributed by atoms with Gasteiger partial charge >= 0.3 is 12.1 Å². The van der Waals surface area contributed by atoms with Gasteiger partial charge in [0.2, 0.25) is 0 Å². The van der Waals surface area contributed by atoms with Gasteiger partial charge in [0.05, 0.1) is 50.8 Å². The minimum absolute atomic E-state index is 0.0487. The summed E-state index contributed by atoms with van der Waals surface area (Å²) < 4.78 is 45.9. The summed E-state index contributed by atoms with van der Waals surface area (Å²) in [5.41, 5.74) is 0. The molecular formula is C28H54N4O10. The summed E-state index contributed by atoms with van der Waals surface area (Å²) in [5.74, 6) is 0. The normalized spacial score (nSPS) is 21.8. The highest BCUT2D eigenvalue weighted by molar-refractivity contribution is 5.85. The van der Waals surface area contributed by atoms with Crippen LogP contribution < -0.4 is 0 Å². The van der Waals surface area contributed by atoms with Gasteiger partial charge in [-0.15, -0.1) is 0 Å². The fourth-order valence-electron chi connectivity index (χ4n) is 4.45. The molecule has 42 heavy (non-hydrogen) atoms. The second kappa shape index (κ2) is 19.5. The van der Waals surface area contributed by atoms with Crippen molar-refractivity contribution in [3.05, 3.63) is 0 Å². The Morgan fingerprint density at radius 3 is 0.881 bits per heavy atom. The van der Waals surface area contributed by atoms with Gasteiger partial charge in [-0.1, -0.05) is 0 Å². The van der Waals surface area contributed by atoms with E-state index in [9.17, 15) is 9.59 Å². The van der Waals surface area contributed by atoms with E-state index in [4.69, 9.17) is 37.9 Å². The maximum Gasteiger partial charge on any atom is 0.327 e. The number of ether oxygens (including phenoxy) is 8. The van der Waals surface area contributed by atoms with Crippen molar-refractivity contribution in [2.24, 2.45) is 0 Å². The summed E-state index contributed by atoms with van der Waals surface area (Å²) in [4.78, 5) is 33.9. The summed E-state index contributed by atoms with van der Waals surface area (Å²) >= 11 is 0. The molecule has 0 aromatic carbocycles. The van der Waals surface area contributed by atoms with Crippen molar-refractivity contribution in [3.63, 3.8) is 0 Å². The SMILES string of the molecule is CCOCC(C)OCN1C(=O)N(COC(C)COCC)C2C1N(COC(C)COCC)C(=O)N2COC(C)COCC. The first-order valence-corrected chi connectivity index (χ1v) is 15.1. The van der Waals surface area contributed by atoms with E-state index < -0.39 is 12.3 Å². The summed E-state index contributed by atoms with van der Waals surface area (Å²) in [6, 6.07) is -0.658. The molecule has 0 aliphatic carbocycles. The van der Waals surface area contributed by atoms with Crippen molar-refractivity contribution in [2.45, 2.75) is 92.1 Å². The Morgan fingerprint density at radius 2 is 0.690 bits per heavy atom.